The Morgan fingerprint density at radius 1 is 1.17 bits per heavy atom. The van der Waals surface area contributed by atoms with Gasteiger partial charge >= 0.3 is 6.09 Å². The predicted octanol–water partition coefficient (Wildman–Crippen LogP) is 1.91. The third-order valence-electron chi connectivity index (χ3n) is 4.03. The number of ether oxygens (including phenoxy) is 1. The van der Waals surface area contributed by atoms with Crippen LogP contribution in [0.2, 0.25) is 0 Å². The molecular weight excluding hydrogens is 294 g/mol. The van der Waals surface area contributed by atoms with Crippen LogP contribution in [-0.4, -0.2) is 66.8 Å². The number of rotatable bonds is 5. The van der Waals surface area contributed by atoms with Crippen LogP contribution < -0.4 is 9.80 Å². The number of hydrogen-bond acceptors (Lipinski definition) is 6. The van der Waals surface area contributed by atoms with E-state index in [2.05, 4.69) is 33.6 Å². The highest BCUT2D eigenvalue weighted by Crippen LogP contribution is 2.20. The molecule has 0 aliphatic carbocycles. The summed E-state index contributed by atoms with van der Waals surface area (Å²) in [4.78, 5) is 27.0. The summed E-state index contributed by atoms with van der Waals surface area (Å²) in [5, 5.41) is 0. The van der Waals surface area contributed by atoms with E-state index in [9.17, 15) is 4.79 Å². The Balaban J connectivity index is 2.07. The molecule has 0 spiro atoms. The number of piperazine rings is 1. The van der Waals surface area contributed by atoms with E-state index in [-0.39, 0.29) is 6.09 Å². The van der Waals surface area contributed by atoms with E-state index in [1.807, 2.05) is 19.9 Å². The van der Waals surface area contributed by atoms with Crippen molar-refractivity contribution in [2.75, 3.05) is 55.7 Å². The Kier molecular flexibility index (Phi) is 6.01. The average molecular weight is 321 g/mol. The normalized spacial score (nSPS) is 14.8. The van der Waals surface area contributed by atoms with Crippen molar-refractivity contribution < 1.29 is 9.53 Å². The Morgan fingerprint density at radius 3 is 2.39 bits per heavy atom. The van der Waals surface area contributed by atoms with Gasteiger partial charge in [-0.1, -0.05) is 0 Å². The second kappa shape index (κ2) is 7.99. The smallest absolute Gasteiger partial charge is 0.409 e. The van der Waals surface area contributed by atoms with E-state index >= 15 is 0 Å². The van der Waals surface area contributed by atoms with Gasteiger partial charge in [0.15, 0.2) is 0 Å². The van der Waals surface area contributed by atoms with Crippen molar-refractivity contribution in [2.45, 2.75) is 27.7 Å². The average Bonchev–Trinajstić information content (AvgIpc) is 2.56. The Hall–Kier alpha value is -2.05. The second-order valence-corrected chi connectivity index (χ2v) is 5.48. The molecule has 23 heavy (non-hydrogen) atoms. The summed E-state index contributed by atoms with van der Waals surface area (Å²) in [5.74, 6) is 2.67. The van der Waals surface area contributed by atoms with Crippen molar-refractivity contribution in [3.63, 3.8) is 0 Å². The summed E-state index contributed by atoms with van der Waals surface area (Å²) in [6.45, 7) is 13.1. The minimum atomic E-state index is -0.227. The largest absolute Gasteiger partial charge is 0.450 e. The lowest BCUT2D eigenvalue weighted by molar-refractivity contribution is 0.105. The molecule has 0 saturated carbocycles. The van der Waals surface area contributed by atoms with Crippen LogP contribution in [0.4, 0.5) is 16.4 Å². The number of aryl methyl sites for hydroxylation is 1. The summed E-state index contributed by atoms with van der Waals surface area (Å²) in [6.07, 6.45) is -0.227. The van der Waals surface area contributed by atoms with Crippen LogP contribution in [0.15, 0.2) is 6.07 Å². The standard InChI is InChI=1S/C16H27N5O2/c1-5-19(6-2)14-12-15(18-13(4)17-14)20-8-10-21(11-9-20)16(22)23-7-3/h12H,5-11H2,1-4H3. The molecule has 0 N–H and O–H groups in total. The van der Waals surface area contributed by atoms with Crippen molar-refractivity contribution in [2.24, 2.45) is 0 Å². The molecule has 0 atom stereocenters. The highest BCUT2D eigenvalue weighted by Gasteiger charge is 2.23. The zero-order valence-electron chi connectivity index (χ0n) is 14.6. The molecular formula is C16H27N5O2. The van der Waals surface area contributed by atoms with Gasteiger partial charge in [-0.25, -0.2) is 14.8 Å². The lowest BCUT2D eigenvalue weighted by Gasteiger charge is -2.35. The van der Waals surface area contributed by atoms with E-state index in [0.717, 1.165) is 43.6 Å². The fourth-order valence-corrected chi connectivity index (χ4v) is 2.74. The minimum Gasteiger partial charge on any atom is -0.450 e. The number of nitrogens with zero attached hydrogens (tertiary/aromatic N) is 5. The fraction of sp³-hybridized carbons (Fsp3) is 0.688. The quantitative estimate of drug-likeness (QED) is 0.825. The first-order valence-corrected chi connectivity index (χ1v) is 8.36. The summed E-state index contributed by atoms with van der Waals surface area (Å²) in [6, 6.07) is 2.04. The van der Waals surface area contributed by atoms with E-state index in [4.69, 9.17) is 4.74 Å². The van der Waals surface area contributed by atoms with Gasteiger partial charge in [0.25, 0.3) is 0 Å². The lowest BCUT2D eigenvalue weighted by atomic mass is 10.3. The molecule has 2 heterocycles. The van der Waals surface area contributed by atoms with Crippen LogP contribution in [0, 0.1) is 6.92 Å². The molecule has 1 aromatic heterocycles. The van der Waals surface area contributed by atoms with Gasteiger partial charge in [-0.3, -0.25) is 0 Å². The van der Waals surface area contributed by atoms with Crippen molar-refractivity contribution in [1.29, 1.82) is 0 Å². The molecule has 1 saturated heterocycles. The Labute approximate surface area is 138 Å². The number of amides is 1. The van der Waals surface area contributed by atoms with Crippen LogP contribution in [0.3, 0.4) is 0 Å². The SMILES string of the molecule is CCOC(=O)N1CCN(c2cc(N(CC)CC)nc(C)n2)CC1. The first kappa shape index (κ1) is 17.3. The molecule has 0 radical (unpaired) electrons. The van der Waals surface area contributed by atoms with Crippen molar-refractivity contribution >= 4 is 17.7 Å². The van der Waals surface area contributed by atoms with Crippen LogP contribution in [0.5, 0.6) is 0 Å². The van der Waals surface area contributed by atoms with Gasteiger partial charge < -0.3 is 19.4 Å². The van der Waals surface area contributed by atoms with Gasteiger partial charge in [-0.05, 0) is 27.7 Å². The van der Waals surface area contributed by atoms with Gasteiger partial charge in [0.2, 0.25) is 0 Å². The predicted molar refractivity (Wildman–Crippen MR) is 91.1 cm³/mol. The minimum absolute atomic E-state index is 0.227. The second-order valence-electron chi connectivity index (χ2n) is 5.48. The molecule has 0 unspecified atom stereocenters. The highest BCUT2D eigenvalue weighted by atomic mass is 16.6. The summed E-state index contributed by atoms with van der Waals surface area (Å²) in [5.41, 5.74) is 0. The molecule has 1 amide bonds. The van der Waals surface area contributed by atoms with Gasteiger partial charge in [0.05, 0.1) is 6.61 Å². The van der Waals surface area contributed by atoms with Crippen molar-refractivity contribution in [3.05, 3.63) is 11.9 Å². The van der Waals surface area contributed by atoms with Gasteiger partial charge in [-0.2, -0.15) is 0 Å². The molecule has 0 bridgehead atoms. The molecule has 0 aromatic carbocycles. The van der Waals surface area contributed by atoms with Crippen LogP contribution >= 0.6 is 0 Å². The van der Waals surface area contributed by atoms with Gasteiger partial charge in [-0.15, -0.1) is 0 Å². The molecule has 1 aliphatic rings. The number of anilines is 2. The molecule has 128 valence electrons. The topological polar surface area (TPSA) is 61.8 Å². The third-order valence-corrected chi connectivity index (χ3v) is 4.03. The molecule has 1 aliphatic heterocycles. The van der Waals surface area contributed by atoms with E-state index in [1.165, 1.54) is 0 Å². The highest BCUT2D eigenvalue weighted by molar-refractivity contribution is 5.68. The number of carbonyl (C=O) groups excluding carboxylic acids is 1. The number of aromatic nitrogens is 2. The molecule has 1 fully saturated rings. The fourth-order valence-electron chi connectivity index (χ4n) is 2.74. The molecule has 7 nitrogen and oxygen atoms in total. The zero-order chi connectivity index (χ0) is 16.8. The van der Waals surface area contributed by atoms with E-state index in [0.29, 0.717) is 19.7 Å². The maximum absolute atomic E-state index is 11.8. The lowest BCUT2D eigenvalue weighted by Crippen LogP contribution is -2.49. The summed E-state index contributed by atoms with van der Waals surface area (Å²) >= 11 is 0. The summed E-state index contributed by atoms with van der Waals surface area (Å²) in [7, 11) is 0. The van der Waals surface area contributed by atoms with Crippen LogP contribution in [0.25, 0.3) is 0 Å². The monoisotopic (exact) mass is 321 g/mol. The van der Waals surface area contributed by atoms with Crippen LogP contribution in [-0.2, 0) is 4.74 Å². The Bertz CT molecular complexity index is 525. The molecule has 2 rings (SSSR count). The van der Waals surface area contributed by atoms with Crippen LogP contribution in [0.1, 0.15) is 26.6 Å². The number of hydrogen-bond donors (Lipinski definition) is 0. The maximum Gasteiger partial charge on any atom is 0.409 e. The first-order valence-electron chi connectivity index (χ1n) is 8.36. The molecule has 7 heteroatoms. The van der Waals surface area contributed by atoms with E-state index in [1.54, 1.807) is 4.90 Å². The Morgan fingerprint density at radius 2 is 1.83 bits per heavy atom. The van der Waals surface area contributed by atoms with Gasteiger partial charge in [0, 0.05) is 45.3 Å². The van der Waals surface area contributed by atoms with Gasteiger partial charge in [0.1, 0.15) is 17.5 Å². The first-order chi connectivity index (χ1) is 11.1. The molecule has 1 aromatic rings. The van der Waals surface area contributed by atoms with E-state index < -0.39 is 0 Å². The maximum atomic E-state index is 11.8. The third kappa shape index (κ3) is 4.24. The number of carbonyl (C=O) groups is 1. The van der Waals surface area contributed by atoms with Crippen molar-refractivity contribution in [3.8, 4) is 0 Å². The summed E-state index contributed by atoms with van der Waals surface area (Å²) < 4.78 is 5.06. The zero-order valence-corrected chi connectivity index (χ0v) is 14.6. The van der Waals surface area contributed by atoms with Crippen molar-refractivity contribution in [1.82, 2.24) is 14.9 Å².